The Morgan fingerprint density at radius 3 is 2.57 bits per heavy atom. The van der Waals surface area contributed by atoms with Crippen LogP contribution in [0.3, 0.4) is 0 Å². The maximum absolute atomic E-state index is 12.0. The summed E-state index contributed by atoms with van der Waals surface area (Å²) in [5, 5.41) is 13.1. The number of carbonyl (C=O) groups excluding carboxylic acids is 1. The first-order valence-electron chi connectivity index (χ1n) is 7.36. The Labute approximate surface area is 127 Å². The van der Waals surface area contributed by atoms with Crippen LogP contribution in [0, 0.1) is 6.92 Å². The van der Waals surface area contributed by atoms with Crippen molar-refractivity contribution in [1.82, 2.24) is 10.2 Å². The SMILES string of the molecule is C=CCNC(=O)C(C)N(CC)CC(O)c1ccc(C)cc1. The average Bonchev–Trinajstić information content (AvgIpc) is 2.49. The van der Waals surface area contributed by atoms with E-state index in [2.05, 4.69) is 11.9 Å². The number of amides is 1. The zero-order valence-corrected chi connectivity index (χ0v) is 13.2. The predicted molar refractivity (Wildman–Crippen MR) is 86.1 cm³/mol. The number of aliphatic hydroxyl groups is 1. The molecule has 1 aromatic carbocycles. The summed E-state index contributed by atoms with van der Waals surface area (Å²) in [6.07, 6.45) is 1.06. The molecule has 1 aromatic rings. The van der Waals surface area contributed by atoms with E-state index in [1.807, 2.05) is 49.9 Å². The van der Waals surface area contributed by atoms with Crippen LogP contribution in [0.4, 0.5) is 0 Å². The number of carbonyl (C=O) groups is 1. The van der Waals surface area contributed by atoms with Crippen LogP contribution in [0.25, 0.3) is 0 Å². The molecular formula is C17H26N2O2. The van der Waals surface area contributed by atoms with Crippen molar-refractivity contribution in [3.8, 4) is 0 Å². The van der Waals surface area contributed by atoms with Crippen molar-refractivity contribution in [2.24, 2.45) is 0 Å². The van der Waals surface area contributed by atoms with Crippen LogP contribution >= 0.6 is 0 Å². The molecule has 2 atom stereocenters. The van der Waals surface area contributed by atoms with Gasteiger partial charge in [0, 0.05) is 13.1 Å². The topological polar surface area (TPSA) is 52.6 Å². The fourth-order valence-electron chi connectivity index (χ4n) is 2.16. The van der Waals surface area contributed by atoms with E-state index in [1.54, 1.807) is 6.08 Å². The molecule has 4 nitrogen and oxygen atoms in total. The van der Waals surface area contributed by atoms with Crippen LogP contribution in [0.5, 0.6) is 0 Å². The van der Waals surface area contributed by atoms with Gasteiger partial charge in [0.15, 0.2) is 0 Å². The summed E-state index contributed by atoms with van der Waals surface area (Å²) in [5.74, 6) is -0.0483. The molecule has 1 amide bonds. The van der Waals surface area contributed by atoms with Crippen molar-refractivity contribution >= 4 is 5.91 Å². The highest BCUT2D eigenvalue weighted by atomic mass is 16.3. The Morgan fingerprint density at radius 2 is 2.05 bits per heavy atom. The zero-order chi connectivity index (χ0) is 15.8. The molecule has 21 heavy (non-hydrogen) atoms. The lowest BCUT2D eigenvalue weighted by molar-refractivity contribution is -0.126. The van der Waals surface area contributed by atoms with Crippen LogP contribution in [-0.4, -0.2) is 41.6 Å². The lowest BCUT2D eigenvalue weighted by Crippen LogP contribution is -2.46. The second kappa shape index (κ2) is 8.60. The van der Waals surface area contributed by atoms with E-state index in [0.29, 0.717) is 19.6 Å². The number of likely N-dealkylation sites (N-methyl/N-ethyl adjacent to an activating group) is 1. The first-order valence-corrected chi connectivity index (χ1v) is 7.36. The minimum absolute atomic E-state index is 0.0483. The fraction of sp³-hybridized carbons (Fsp3) is 0.471. The second-order valence-electron chi connectivity index (χ2n) is 5.22. The quantitative estimate of drug-likeness (QED) is 0.720. The molecule has 0 aliphatic heterocycles. The summed E-state index contributed by atoms with van der Waals surface area (Å²) < 4.78 is 0. The van der Waals surface area contributed by atoms with Gasteiger partial charge in [-0.1, -0.05) is 42.8 Å². The molecule has 0 saturated carbocycles. The first-order chi connectivity index (χ1) is 9.99. The molecule has 0 saturated heterocycles. The molecule has 116 valence electrons. The van der Waals surface area contributed by atoms with Gasteiger partial charge in [0.25, 0.3) is 0 Å². The standard InChI is InChI=1S/C17H26N2O2/c1-5-11-18-17(21)14(4)19(6-2)12-16(20)15-9-7-13(3)8-10-15/h5,7-10,14,16,20H,1,6,11-12H2,2-4H3,(H,18,21). The van der Waals surface area contributed by atoms with E-state index in [-0.39, 0.29) is 11.9 Å². The van der Waals surface area contributed by atoms with Gasteiger partial charge < -0.3 is 10.4 Å². The number of aliphatic hydroxyl groups excluding tert-OH is 1. The molecule has 0 radical (unpaired) electrons. The minimum atomic E-state index is -0.597. The molecule has 4 heteroatoms. The van der Waals surface area contributed by atoms with E-state index in [9.17, 15) is 9.90 Å². The van der Waals surface area contributed by atoms with E-state index in [4.69, 9.17) is 0 Å². The van der Waals surface area contributed by atoms with Crippen LogP contribution in [-0.2, 0) is 4.79 Å². The van der Waals surface area contributed by atoms with Crippen LogP contribution in [0.15, 0.2) is 36.9 Å². The number of hydrogen-bond acceptors (Lipinski definition) is 3. The Hall–Kier alpha value is -1.65. The minimum Gasteiger partial charge on any atom is -0.387 e. The lowest BCUT2D eigenvalue weighted by atomic mass is 10.1. The third kappa shape index (κ3) is 5.33. The first kappa shape index (κ1) is 17.4. The zero-order valence-electron chi connectivity index (χ0n) is 13.2. The lowest BCUT2D eigenvalue weighted by Gasteiger charge is -2.29. The number of rotatable bonds is 8. The highest BCUT2D eigenvalue weighted by molar-refractivity contribution is 5.81. The van der Waals surface area contributed by atoms with Gasteiger partial charge >= 0.3 is 0 Å². The fourth-order valence-corrected chi connectivity index (χ4v) is 2.16. The summed E-state index contributed by atoms with van der Waals surface area (Å²) >= 11 is 0. The Balaban J connectivity index is 2.65. The van der Waals surface area contributed by atoms with Gasteiger partial charge in [-0.15, -0.1) is 6.58 Å². The Morgan fingerprint density at radius 1 is 1.43 bits per heavy atom. The highest BCUT2D eigenvalue weighted by Crippen LogP contribution is 2.16. The number of nitrogens with zero attached hydrogens (tertiary/aromatic N) is 1. The smallest absolute Gasteiger partial charge is 0.237 e. The van der Waals surface area contributed by atoms with Crippen LogP contribution in [0.2, 0.25) is 0 Å². The van der Waals surface area contributed by atoms with Crippen molar-refractivity contribution in [3.05, 3.63) is 48.0 Å². The number of nitrogens with one attached hydrogen (secondary N) is 1. The van der Waals surface area contributed by atoms with Crippen molar-refractivity contribution in [2.45, 2.75) is 32.9 Å². The van der Waals surface area contributed by atoms with Gasteiger partial charge in [0.1, 0.15) is 0 Å². The molecule has 0 fully saturated rings. The van der Waals surface area contributed by atoms with Crippen molar-refractivity contribution in [3.63, 3.8) is 0 Å². The maximum atomic E-state index is 12.0. The molecule has 0 bridgehead atoms. The average molecular weight is 290 g/mol. The molecule has 2 unspecified atom stereocenters. The number of aryl methyl sites for hydroxylation is 1. The molecule has 1 rings (SSSR count). The molecule has 0 aromatic heterocycles. The maximum Gasteiger partial charge on any atom is 0.237 e. The summed E-state index contributed by atoms with van der Waals surface area (Å²) in [6.45, 7) is 11.0. The molecule has 0 spiro atoms. The van der Waals surface area contributed by atoms with E-state index >= 15 is 0 Å². The van der Waals surface area contributed by atoms with Crippen LogP contribution in [0.1, 0.15) is 31.1 Å². The van der Waals surface area contributed by atoms with E-state index < -0.39 is 6.10 Å². The normalized spacial score (nSPS) is 13.8. The van der Waals surface area contributed by atoms with Gasteiger partial charge in [-0.05, 0) is 26.0 Å². The Bertz CT molecular complexity index is 456. The van der Waals surface area contributed by atoms with Gasteiger partial charge in [-0.3, -0.25) is 9.69 Å². The van der Waals surface area contributed by atoms with Crippen molar-refractivity contribution in [2.75, 3.05) is 19.6 Å². The van der Waals surface area contributed by atoms with E-state index in [0.717, 1.165) is 11.1 Å². The van der Waals surface area contributed by atoms with E-state index in [1.165, 1.54) is 0 Å². The number of benzene rings is 1. The molecular weight excluding hydrogens is 264 g/mol. The largest absolute Gasteiger partial charge is 0.387 e. The van der Waals surface area contributed by atoms with Gasteiger partial charge in [-0.25, -0.2) is 0 Å². The predicted octanol–water partition coefficient (Wildman–Crippen LogP) is 2.04. The Kier molecular flexibility index (Phi) is 7.12. The summed E-state index contributed by atoms with van der Waals surface area (Å²) in [6, 6.07) is 7.53. The molecule has 0 aliphatic rings. The third-order valence-corrected chi connectivity index (χ3v) is 3.62. The number of hydrogen-bond donors (Lipinski definition) is 2. The summed E-state index contributed by atoms with van der Waals surface area (Å²) in [5.41, 5.74) is 2.04. The highest BCUT2D eigenvalue weighted by Gasteiger charge is 2.22. The van der Waals surface area contributed by atoms with Crippen molar-refractivity contribution in [1.29, 1.82) is 0 Å². The van der Waals surface area contributed by atoms with Gasteiger partial charge in [-0.2, -0.15) is 0 Å². The van der Waals surface area contributed by atoms with Gasteiger partial charge in [0.05, 0.1) is 12.1 Å². The molecule has 0 heterocycles. The third-order valence-electron chi connectivity index (χ3n) is 3.62. The monoisotopic (exact) mass is 290 g/mol. The van der Waals surface area contributed by atoms with Gasteiger partial charge in [0.2, 0.25) is 5.91 Å². The summed E-state index contributed by atoms with van der Waals surface area (Å²) in [4.78, 5) is 13.9. The molecule has 2 N–H and O–H groups in total. The van der Waals surface area contributed by atoms with Crippen LogP contribution < -0.4 is 5.32 Å². The molecule has 0 aliphatic carbocycles. The summed E-state index contributed by atoms with van der Waals surface area (Å²) in [7, 11) is 0. The van der Waals surface area contributed by atoms with Crippen molar-refractivity contribution < 1.29 is 9.90 Å². The second-order valence-corrected chi connectivity index (χ2v) is 5.22.